The summed E-state index contributed by atoms with van der Waals surface area (Å²) in [7, 11) is 0. The maximum Gasteiger partial charge on any atom is 0.408 e. The van der Waals surface area contributed by atoms with E-state index in [0.717, 1.165) is 10.0 Å². The molecule has 0 aromatic heterocycles. The molecule has 0 saturated carbocycles. The Morgan fingerprint density at radius 3 is 2.50 bits per heavy atom. The van der Waals surface area contributed by atoms with Gasteiger partial charge in [-0.25, -0.2) is 4.79 Å². The van der Waals surface area contributed by atoms with Crippen LogP contribution in [0.15, 0.2) is 28.7 Å². The number of halogens is 1. The van der Waals surface area contributed by atoms with Gasteiger partial charge >= 0.3 is 6.09 Å². The number of rotatable bonds is 1. The first kappa shape index (κ1) is 14.6. The van der Waals surface area contributed by atoms with Crippen molar-refractivity contribution in [3.63, 3.8) is 0 Å². The number of benzene rings is 1. The minimum atomic E-state index is -0.483. The smallest absolute Gasteiger partial charge is 0.408 e. The number of amides is 1. The normalized spacial score (nSPS) is 10.2. The van der Waals surface area contributed by atoms with Gasteiger partial charge in [-0.15, -0.1) is 0 Å². The summed E-state index contributed by atoms with van der Waals surface area (Å²) in [6, 6.07) is 7.66. The molecule has 1 rings (SSSR count). The molecular formula is C14H16BrNO2. The lowest BCUT2D eigenvalue weighted by atomic mass is 10.2. The van der Waals surface area contributed by atoms with Crippen molar-refractivity contribution < 1.29 is 9.53 Å². The van der Waals surface area contributed by atoms with Gasteiger partial charge < -0.3 is 10.1 Å². The third kappa shape index (κ3) is 6.31. The van der Waals surface area contributed by atoms with E-state index in [9.17, 15) is 4.79 Å². The summed E-state index contributed by atoms with van der Waals surface area (Å²) in [4.78, 5) is 11.3. The summed E-state index contributed by atoms with van der Waals surface area (Å²) in [5.74, 6) is 5.81. The fourth-order valence-corrected chi connectivity index (χ4v) is 1.37. The second kappa shape index (κ2) is 6.46. The summed E-state index contributed by atoms with van der Waals surface area (Å²) < 4.78 is 6.10. The van der Waals surface area contributed by atoms with E-state index in [2.05, 4.69) is 33.1 Å². The molecule has 0 bridgehead atoms. The molecule has 1 amide bonds. The van der Waals surface area contributed by atoms with E-state index in [1.807, 2.05) is 45.0 Å². The Bertz CT molecular complexity index is 463. The maximum absolute atomic E-state index is 11.3. The van der Waals surface area contributed by atoms with Crippen molar-refractivity contribution in [1.82, 2.24) is 5.32 Å². The van der Waals surface area contributed by atoms with E-state index < -0.39 is 11.7 Å². The van der Waals surface area contributed by atoms with Gasteiger partial charge in [-0.05, 0) is 45.0 Å². The molecule has 96 valence electrons. The highest BCUT2D eigenvalue weighted by Gasteiger charge is 2.14. The molecule has 0 atom stereocenters. The zero-order chi connectivity index (χ0) is 13.6. The molecule has 18 heavy (non-hydrogen) atoms. The van der Waals surface area contributed by atoms with Crippen LogP contribution < -0.4 is 5.32 Å². The molecular weight excluding hydrogens is 294 g/mol. The summed E-state index contributed by atoms with van der Waals surface area (Å²) >= 11 is 3.35. The van der Waals surface area contributed by atoms with Gasteiger partial charge in [0.15, 0.2) is 0 Å². The first-order valence-corrected chi connectivity index (χ1v) is 6.37. The Hall–Kier alpha value is -1.47. The van der Waals surface area contributed by atoms with E-state index in [4.69, 9.17) is 4.74 Å². The van der Waals surface area contributed by atoms with Crippen molar-refractivity contribution in [2.45, 2.75) is 26.4 Å². The average Bonchev–Trinajstić information content (AvgIpc) is 2.24. The predicted molar refractivity (Wildman–Crippen MR) is 75.3 cm³/mol. The standard InChI is InChI=1S/C14H16BrNO2/c1-14(2,3)18-13(17)16-10-4-5-11-6-8-12(15)9-7-11/h6-9H,10H2,1-3H3,(H,16,17). The topological polar surface area (TPSA) is 38.3 Å². The van der Waals surface area contributed by atoms with Gasteiger partial charge in [0.05, 0.1) is 6.54 Å². The number of carbonyl (C=O) groups excluding carboxylic acids is 1. The molecule has 4 heteroatoms. The van der Waals surface area contributed by atoms with Gasteiger partial charge in [0.25, 0.3) is 0 Å². The van der Waals surface area contributed by atoms with Crippen molar-refractivity contribution in [2.24, 2.45) is 0 Å². The zero-order valence-corrected chi connectivity index (χ0v) is 12.3. The molecule has 0 spiro atoms. The van der Waals surface area contributed by atoms with Crippen LogP contribution >= 0.6 is 15.9 Å². The van der Waals surface area contributed by atoms with E-state index in [-0.39, 0.29) is 6.54 Å². The van der Waals surface area contributed by atoms with Crippen LogP contribution in [0.25, 0.3) is 0 Å². The van der Waals surface area contributed by atoms with Crippen LogP contribution in [0.4, 0.5) is 4.79 Å². The summed E-state index contributed by atoms with van der Waals surface area (Å²) in [5.41, 5.74) is 0.424. The first-order chi connectivity index (χ1) is 8.37. The molecule has 0 radical (unpaired) electrons. The van der Waals surface area contributed by atoms with Crippen LogP contribution in [0.2, 0.25) is 0 Å². The Morgan fingerprint density at radius 1 is 1.33 bits per heavy atom. The van der Waals surface area contributed by atoms with Gasteiger partial charge in [-0.1, -0.05) is 27.8 Å². The van der Waals surface area contributed by atoms with Gasteiger partial charge in [0.2, 0.25) is 0 Å². The highest BCUT2D eigenvalue weighted by Crippen LogP contribution is 2.09. The molecule has 3 nitrogen and oxygen atoms in total. The van der Waals surface area contributed by atoms with Crippen molar-refractivity contribution in [3.8, 4) is 11.8 Å². The second-order valence-electron chi connectivity index (χ2n) is 4.66. The average molecular weight is 310 g/mol. The van der Waals surface area contributed by atoms with Crippen LogP contribution in [0.1, 0.15) is 26.3 Å². The maximum atomic E-state index is 11.3. The number of carbonyl (C=O) groups is 1. The molecule has 0 heterocycles. The Labute approximate surface area is 116 Å². The van der Waals surface area contributed by atoms with Crippen molar-refractivity contribution >= 4 is 22.0 Å². The highest BCUT2D eigenvalue weighted by atomic mass is 79.9. The van der Waals surface area contributed by atoms with E-state index in [1.54, 1.807) is 0 Å². The molecule has 0 aliphatic heterocycles. The number of nitrogens with one attached hydrogen (secondary N) is 1. The van der Waals surface area contributed by atoms with Crippen LogP contribution in [0.5, 0.6) is 0 Å². The lowest BCUT2D eigenvalue weighted by Gasteiger charge is -2.18. The number of alkyl carbamates (subject to hydrolysis) is 1. The molecule has 0 unspecified atom stereocenters. The van der Waals surface area contributed by atoms with Crippen molar-refractivity contribution in [1.29, 1.82) is 0 Å². The van der Waals surface area contributed by atoms with Crippen LogP contribution in [0, 0.1) is 11.8 Å². The number of hydrogen-bond acceptors (Lipinski definition) is 2. The Balaban J connectivity index is 2.38. The Morgan fingerprint density at radius 2 is 1.94 bits per heavy atom. The summed E-state index contributed by atoms with van der Waals surface area (Å²) in [6.07, 6.45) is -0.451. The second-order valence-corrected chi connectivity index (χ2v) is 5.58. The molecule has 1 N–H and O–H groups in total. The van der Waals surface area contributed by atoms with Gasteiger partial charge in [0.1, 0.15) is 5.60 Å². The Kier molecular flexibility index (Phi) is 5.24. The molecule has 0 fully saturated rings. The fraction of sp³-hybridized carbons (Fsp3) is 0.357. The third-order valence-corrected chi connectivity index (χ3v) is 2.33. The zero-order valence-electron chi connectivity index (χ0n) is 10.7. The van der Waals surface area contributed by atoms with E-state index in [1.165, 1.54) is 0 Å². The summed E-state index contributed by atoms with van der Waals surface area (Å²) in [5, 5.41) is 2.58. The van der Waals surface area contributed by atoms with E-state index >= 15 is 0 Å². The molecule has 1 aromatic carbocycles. The minimum absolute atomic E-state index is 0.269. The lowest BCUT2D eigenvalue weighted by molar-refractivity contribution is 0.0535. The molecule has 1 aromatic rings. The number of hydrogen-bond donors (Lipinski definition) is 1. The first-order valence-electron chi connectivity index (χ1n) is 5.58. The minimum Gasteiger partial charge on any atom is -0.444 e. The van der Waals surface area contributed by atoms with Gasteiger partial charge in [-0.3, -0.25) is 0 Å². The number of ether oxygens (including phenoxy) is 1. The molecule has 0 aliphatic rings. The highest BCUT2D eigenvalue weighted by molar-refractivity contribution is 9.10. The molecule has 0 saturated heterocycles. The van der Waals surface area contributed by atoms with Crippen LogP contribution in [-0.2, 0) is 4.74 Å². The SMILES string of the molecule is CC(C)(C)OC(=O)NCC#Cc1ccc(Br)cc1. The lowest BCUT2D eigenvalue weighted by Crippen LogP contribution is -2.32. The quantitative estimate of drug-likeness (QED) is 0.808. The third-order valence-electron chi connectivity index (χ3n) is 1.80. The monoisotopic (exact) mass is 309 g/mol. The molecule has 0 aliphatic carbocycles. The van der Waals surface area contributed by atoms with Gasteiger partial charge in [0, 0.05) is 10.0 Å². The predicted octanol–water partition coefficient (Wildman–Crippen LogP) is 3.33. The van der Waals surface area contributed by atoms with Crippen molar-refractivity contribution in [3.05, 3.63) is 34.3 Å². The fourth-order valence-electron chi connectivity index (χ4n) is 1.11. The summed E-state index contributed by atoms with van der Waals surface area (Å²) in [6.45, 7) is 5.73. The van der Waals surface area contributed by atoms with Crippen molar-refractivity contribution in [2.75, 3.05) is 6.54 Å². The van der Waals surface area contributed by atoms with E-state index in [0.29, 0.717) is 0 Å². The largest absolute Gasteiger partial charge is 0.444 e. The van der Waals surface area contributed by atoms with Crippen LogP contribution in [0.3, 0.4) is 0 Å². The van der Waals surface area contributed by atoms with Gasteiger partial charge in [-0.2, -0.15) is 0 Å². The van der Waals surface area contributed by atoms with Crippen LogP contribution in [-0.4, -0.2) is 18.2 Å².